The minimum absolute atomic E-state index is 0.252. The highest BCUT2D eigenvalue weighted by Gasteiger charge is 2.15. The molecule has 0 radical (unpaired) electrons. The maximum Gasteiger partial charge on any atom is 0.350 e. The van der Waals surface area contributed by atoms with Gasteiger partial charge in [-0.25, -0.2) is 9.18 Å². The molecular formula is C17H10FN3O3S. The van der Waals surface area contributed by atoms with Gasteiger partial charge in [-0.05, 0) is 30.3 Å². The summed E-state index contributed by atoms with van der Waals surface area (Å²) in [5, 5.41) is 8.41. The van der Waals surface area contributed by atoms with Gasteiger partial charge in [0.15, 0.2) is 6.73 Å². The van der Waals surface area contributed by atoms with Crippen molar-refractivity contribution in [2.24, 2.45) is 0 Å². The number of carbonyl (C=O) groups excluding carboxylic acids is 1. The number of fused-ring (bicyclic) bond motifs is 2. The van der Waals surface area contributed by atoms with Gasteiger partial charge in [0, 0.05) is 10.1 Å². The molecule has 124 valence electrons. The summed E-state index contributed by atoms with van der Waals surface area (Å²) < 4.78 is 20.4. The van der Waals surface area contributed by atoms with Gasteiger partial charge in [0.2, 0.25) is 0 Å². The molecule has 2 heterocycles. The predicted octanol–water partition coefficient (Wildman–Crippen LogP) is 2.96. The van der Waals surface area contributed by atoms with E-state index in [2.05, 4.69) is 10.3 Å². The van der Waals surface area contributed by atoms with E-state index in [1.54, 1.807) is 36.4 Å². The molecule has 2 aromatic heterocycles. The van der Waals surface area contributed by atoms with Crippen molar-refractivity contribution < 1.29 is 13.9 Å². The summed E-state index contributed by atoms with van der Waals surface area (Å²) in [6, 6.07) is 12.8. The summed E-state index contributed by atoms with van der Waals surface area (Å²) in [5.41, 5.74) is 0.0656. The lowest BCUT2D eigenvalue weighted by Crippen LogP contribution is -2.26. The summed E-state index contributed by atoms with van der Waals surface area (Å²) >= 11 is 1.12. The third kappa shape index (κ3) is 2.76. The second kappa shape index (κ2) is 6.06. The van der Waals surface area contributed by atoms with E-state index in [9.17, 15) is 14.0 Å². The van der Waals surface area contributed by atoms with Gasteiger partial charge in [0.25, 0.3) is 5.56 Å². The van der Waals surface area contributed by atoms with Crippen molar-refractivity contribution in [1.29, 1.82) is 0 Å². The first-order chi connectivity index (χ1) is 12.1. The van der Waals surface area contributed by atoms with E-state index in [1.165, 1.54) is 12.1 Å². The Morgan fingerprint density at radius 1 is 1.16 bits per heavy atom. The van der Waals surface area contributed by atoms with Crippen LogP contribution in [0.15, 0.2) is 53.3 Å². The van der Waals surface area contributed by atoms with Crippen LogP contribution in [0.2, 0.25) is 0 Å². The van der Waals surface area contributed by atoms with Crippen molar-refractivity contribution in [3.05, 3.63) is 69.6 Å². The number of ether oxygens (including phenoxy) is 1. The summed E-state index contributed by atoms with van der Waals surface area (Å²) in [5.74, 6) is -1.05. The largest absolute Gasteiger partial charge is 0.438 e. The number of aromatic nitrogens is 3. The average molecular weight is 355 g/mol. The number of hydrogen-bond donors (Lipinski definition) is 0. The van der Waals surface area contributed by atoms with Crippen molar-refractivity contribution >= 4 is 38.3 Å². The molecular weight excluding hydrogens is 345 g/mol. The molecule has 0 aliphatic carbocycles. The molecule has 4 rings (SSSR count). The number of hydrogen-bond acceptors (Lipinski definition) is 6. The molecule has 25 heavy (non-hydrogen) atoms. The Kier molecular flexibility index (Phi) is 3.73. The van der Waals surface area contributed by atoms with Gasteiger partial charge >= 0.3 is 5.97 Å². The van der Waals surface area contributed by atoms with E-state index in [4.69, 9.17) is 4.74 Å². The Balaban J connectivity index is 1.58. The topological polar surface area (TPSA) is 74.1 Å². The molecule has 2 aromatic carbocycles. The van der Waals surface area contributed by atoms with Gasteiger partial charge in [0.1, 0.15) is 16.2 Å². The second-order valence-corrected chi connectivity index (χ2v) is 6.32. The molecule has 0 fully saturated rings. The number of nitrogens with zero attached hydrogens (tertiary/aromatic N) is 3. The smallest absolute Gasteiger partial charge is 0.350 e. The third-order valence-electron chi connectivity index (χ3n) is 3.66. The Morgan fingerprint density at radius 3 is 2.84 bits per heavy atom. The Labute approximate surface area is 144 Å². The number of benzene rings is 2. The van der Waals surface area contributed by atoms with Crippen molar-refractivity contribution in [3.63, 3.8) is 0 Å². The second-order valence-electron chi connectivity index (χ2n) is 5.23. The van der Waals surface area contributed by atoms with E-state index >= 15 is 0 Å². The first-order valence-electron chi connectivity index (χ1n) is 7.31. The lowest BCUT2D eigenvalue weighted by atomic mass is 10.2. The Morgan fingerprint density at radius 2 is 2.00 bits per heavy atom. The first-order valence-corrected chi connectivity index (χ1v) is 8.13. The molecule has 6 nitrogen and oxygen atoms in total. The average Bonchev–Trinajstić information content (AvgIpc) is 3.07. The van der Waals surface area contributed by atoms with E-state index in [0.29, 0.717) is 21.0 Å². The third-order valence-corrected chi connectivity index (χ3v) is 4.74. The van der Waals surface area contributed by atoms with Crippen LogP contribution < -0.4 is 5.56 Å². The number of halogens is 1. The maximum absolute atomic E-state index is 13.7. The fourth-order valence-electron chi connectivity index (χ4n) is 2.42. The minimum atomic E-state index is -0.651. The van der Waals surface area contributed by atoms with Crippen LogP contribution in [0.4, 0.5) is 4.39 Å². The van der Waals surface area contributed by atoms with Crippen LogP contribution in [-0.4, -0.2) is 21.0 Å². The molecule has 0 amide bonds. The van der Waals surface area contributed by atoms with E-state index in [0.717, 1.165) is 16.0 Å². The Bertz CT molecular complexity index is 1170. The van der Waals surface area contributed by atoms with Crippen molar-refractivity contribution in [2.75, 3.05) is 0 Å². The fourth-order valence-corrected chi connectivity index (χ4v) is 3.39. The molecule has 0 saturated heterocycles. The molecule has 4 aromatic rings. The molecule has 0 bridgehead atoms. The Hall–Kier alpha value is -3.13. The summed E-state index contributed by atoms with van der Waals surface area (Å²) in [4.78, 5) is 24.7. The SMILES string of the molecule is O=C(OCn1nnc2ccccc2c1=O)c1cc2c(F)cccc2s1. The number of carbonyl (C=O) groups is 1. The minimum Gasteiger partial charge on any atom is -0.438 e. The van der Waals surface area contributed by atoms with Crippen molar-refractivity contribution in [1.82, 2.24) is 15.0 Å². The van der Waals surface area contributed by atoms with Crippen LogP contribution in [0.25, 0.3) is 21.0 Å². The van der Waals surface area contributed by atoms with E-state index < -0.39 is 17.3 Å². The predicted molar refractivity (Wildman–Crippen MR) is 91.0 cm³/mol. The normalized spacial score (nSPS) is 11.1. The molecule has 8 heteroatoms. The zero-order valence-corrected chi connectivity index (χ0v) is 13.5. The van der Waals surface area contributed by atoms with Crippen molar-refractivity contribution in [2.45, 2.75) is 6.73 Å². The highest BCUT2D eigenvalue weighted by molar-refractivity contribution is 7.20. The summed E-state index contributed by atoms with van der Waals surface area (Å²) in [6.07, 6.45) is 0. The molecule has 0 spiro atoms. The molecule has 0 aliphatic rings. The van der Waals surface area contributed by atoms with Gasteiger partial charge in [0.05, 0.1) is 5.39 Å². The van der Waals surface area contributed by atoms with E-state index in [-0.39, 0.29) is 11.6 Å². The quantitative estimate of drug-likeness (QED) is 0.528. The number of rotatable bonds is 3. The molecule has 0 saturated carbocycles. The van der Waals surface area contributed by atoms with Crippen LogP contribution in [-0.2, 0) is 11.5 Å². The summed E-state index contributed by atoms with van der Waals surface area (Å²) in [7, 11) is 0. The fraction of sp³-hybridized carbons (Fsp3) is 0.0588. The summed E-state index contributed by atoms with van der Waals surface area (Å²) in [6.45, 7) is -0.369. The van der Waals surface area contributed by atoms with Crippen LogP contribution in [0.3, 0.4) is 0 Å². The highest BCUT2D eigenvalue weighted by atomic mass is 32.1. The first kappa shape index (κ1) is 15.4. The lowest BCUT2D eigenvalue weighted by molar-refractivity contribution is 0.0342. The number of esters is 1. The number of thiophene rings is 1. The maximum atomic E-state index is 13.7. The lowest BCUT2D eigenvalue weighted by Gasteiger charge is -2.05. The highest BCUT2D eigenvalue weighted by Crippen LogP contribution is 2.28. The molecule has 0 atom stereocenters. The van der Waals surface area contributed by atoms with Crippen molar-refractivity contribution in [3.8, 4) is 0 Å². The monoisotopic (exact) mass is 355 g/mol. The van der Waals surface area contributed by atoms with Crippen LogP contribution >= 0.6 is 11.3 Å². The van der Waals surface area contributed by atoms with Crippen LogP contribution in [0.1, 0.15) is 9.67 Å². The van der Waals surface area contributed by atoms with Gasteiger partial charge in [-0.15, -0.1) is 16.4 Å². The van der Waals surface area contributed by atoms with E-state index in [1.807, 2.05) is 0 Å². The molecule has 0 N–H and O–H groups in total. The molecule has 0 unspecified atom stereocenters. The van der Waals surface area contributed by atoms with Gasteiger partial charge in [-0.3, -0.25) is 4.79 Å². The van der Waals surface area contributed by atoms with Gasteiger partial charge < -0.3 is 4.74 Å². The zero-order chi connectivity index (χ0) is 17.4. The molecule has 0 aliphatic heterocycles. The zero-order valence-electron chi connectivity index (χ0n) is 12.7. The van der Waals surface area contributed by atoms with Gasteiger partial charge in [-0.1, -0.05) is 23.4 Å². The van der Waals surface area contributed by atoms with Gasteiger partial charge in [-0.2, -0.15) is 4.68 Å². The van der Waals surface area contributed by atoms with Crippen LogP contribution in [0, 0.1) is 5.82 Å². The van der Waals surface area contributed by atoms with Crippen LogP contribution in [0.5, 0.6) is 0 Å². The standard InChI is InChI=1S/C17H10FN3O3S/c18-12-5-3-7-14-11(12)8-15(25-14)17(23)24-9-21-16(22)10-4-1-2-6-13(10)19-20-21/h1-8H,9H2.